The molecule has 1 aliphatic heterocycles. The number of aromatic nitrogens is 3. The van der Waals surface area contributed by atoms with E-state index in [1.165, 1.54) is 11.8 Å². The molecule has 2 N–H and O–H groups in total. The van der Waals surface area contributed by atoms with E-state index in [-0.39, 0.29) is 5.54 Å². The quantitative estimate of drug-likeness (QED) is 0.618. The largest absolute Gasteiger partial charge is 0.355 e. The maximum absolute atomic E-state index is 6.29. The molecule has 0 radical (unpaired) electrons. The van der Waals surface area contributed by atoms with Crippen molar-refractivity contribution in [2.24, 2.45) is 5.73 Å². The van der Waals surface area contributed by atoms with Crippen LogP contribution < -0.4 is 10.6 Å². The number of pyridine rings is 1. The summed E-state index contributed by atoms with van der Waals surface area (Å²) in [4.78, 5) is 17.3. The van der Waals surface area contributed by atoms with Crippen LogP contribution in [0.15, 0.2) is 40.3 Å². The third-order valence-electron chi connectivity index (χ3n) is 4.99. The van der Waals surface area contributed by atoms with Crippen molar-refractivity contribution in [2.45, 2.75) is 42.1 Å². The molecule has 28 heavy (non-hydrogen) atoms. The summed E-state index contributed by atoms with van der Waals surface area (Å²) in [5.41, 5.74) is 8.45. The van der Waals surface area contributed by atoms with E-state index >= 15 is 0 Å². The predicted octanol–water partition coefficient (Wildman–Crippen LogP) is 5.11. The molecule has 2 aromatic heterocycles. The molecule has 3 aromatic rings. The molecule has 0 bridgehead atoms. The van der Waals surface area contributed by atoms with Crippen LogP contribution in [0.5, 0.6) is 0 Å². The molecular weight excluding hydrogens is 413 g/mol. The summed E-state index contributed by atoms with van der Waals surface area (Å²) in [5.74, 6) is 0.920. The number of halogens is 2. The van der Waals surface area contributed by atoms with E-state index in [1.54, 1.807) is 6.07 Å². The first-order chi connectivity index (χ1) is 13.3. The number of hydrogen-bond donors (Lipinski definition) is 1. The SMILES string of the molecule is Cc1nc2nc(Sc3cccc(Cl)c3Cl)ccc2nc1N1CCC(C)(N)CC1. The standard InChI is InChI=1S/C20H21Cl2N5S/c1-12-19(27-10-8-20(2,23)9-11-27)25-14-6-7-16(26-18(14)24-12)28-15-5-3-4-13(21)17(15)22/h3-7H,8-11,23H2,1-2H3. The molecule has 0 atom stereocenters. The van der Waals surface area contributed by atoms with Crippen LogP contribution in [0.2, 0.25) is 10.0 Å². The number of aryl methyl sites for hydroxylation is 1. The number of piperidine rings is 1. The molecule has 1 aliphatic rings. The molecule has 3 heterocycles. The number of anilines is 1. The normalized spacial score (nSPS) is 16.5. The van der Waals surface area contributed by atoms with Gasteiger partial charge in [0.15, 0.2) is 11.5 Å². The van der Waals surface area contributed by atoms with Gasteiger partial charge in [0.05, 0.1) is 15.7 Å². The summed E-state index contributed by atoms with van der Waals surface area (Å²) in [6, 6.07) is 9.46. The van der Waals surface area contributed by atoms with Gasteiger partial charge in [-0.2, -0.15) is 0 Å². The van der Waals surface area contributed by atoms with E-state index in [4.69, 9.17) is 38.9 Å². The van der Waals surface area contributed by atoms with E-state index in [9.17, 15) is 0 Å². The molecule has 8 heteroatoms. The van der Waals surface area contributed by atoms with Gasteiger partial charge >= 0.3 is 0 Å². The van der Waals surface area contributed by atoms with Crippen molar-refractivity contribution in [3.05, 3.63) is 46.1 Å². The van der Waals surface area contributed by atoms with Crippen molar-refractivity contribution in [2.75, 3.05) is 18.0 Å². The molecule has 146 valence electrons. The molecule has 0 aliphatic carbocycles. The van der Waals surface area contributed by atoms with Gasteiger partial charge in [0, 0.05) is 23.5 Å². The Hall–Kier alpha value is -1.60. The van der Waals surface area contributed by atoms with Crippen molar-refractivity contribution >= 4 is 51.9 Å². The first-order valence-corrected chi connectivity index (χ1v) is 10.7. The van der Waals surface area contributed by atoms with E-state index in [0.717, 1.165) is 52.9 Å². The van der Waals surface area contributed by atoms with Crippen molar-refractivity contribution < 1.29 is 0 Å². The number of nitrogens with two attached hydrogens (primary N) is 1. The van der Waals surface area contributed by atoms with Crippen molar-refractivity contribution in [1.29, 1.82) is 0 Å². The lowest BCUT2D eigenvalue weighted by Crippen LogP contribution is -2.48. The Kier molecular flexibility index (Phi) is 5.40. The van der Waals surface area contributed by atoms with Crippen molar-refractivity contribution in [3.8, 4) is 0 Å². The summed E-state index contributed by atoms with van der Waals surface area (Å²) < 4.78 is 0. The second-order valence-corrected chi connectivity index (χ2v) is 9.27. The second kappa shape index (κ2) is 7.67. The second-order valence-electron chi connectivity index (χ2n) is 7.42. The number of nitrogens with zero attached hydrogens (tertiary/aromatic N) is 4. The fourth-order valence-corrected chi connectivity index (χ4v) is 4.57. The van der Waals surface area contributed by atoms with Crippen LogP contribution in [0.25, 0.3) is 11.2 Å². The summed E-state index contributed by atoms with van der Waals surface area (Å²) >= 11 is 13.9. The van der Waals surface area contributed by atoms with Crippen LogP contribution in [-0.2, 0) is 0 Å². The highest BCUT2D eigenvalue weighted by Gasteiger charge is 2.27. The molecule has 5 nitrogen and oxygen atoms in total. The van der Waals surface area contributed by atoms with E-state index in [1.807, 2.05) is 31.2 Å². The van der Waals surface area contributed by atoms with Gasteiger partial charge in [-0.1, -0.05) is 41.0 Å². The van der Waals surface area contributed by atoms with Crippen LogP contribution >= 0.6 is 35.0 Å². The fraction of sp³-hybridized carbons (Fsp3) is 0.350. The smallest absolute Gasteiger partial charge is 0.179 e. The van der Waals surface area contributed by atoms with Crippen molar-refractivity contribution in [3.63, 3.8) is 0 Å². The van der Waals surface area contributed by atoms with E-state index in [0.29, 0.717) is 15.7 Å². The van der Waals surface area contributed by atoms with Gasteiger partial charge in [-0.3, -0.25) is 0 Å². The minimum atomic E-state index is -0.0933. The van der Waals surface area contributed by atoms with Gasteiger partial charge in [-0.25, -0.2) is 15.0 Å². The van der Waals surface area contributed by atoms with Crippen LogP contribution in [0, 0.1) is 6.92 Å². The number of fused-ring (bicyclic) bond motifs is 1. The Morgan fingerprint density at radius 2 is 1.82 bits per heavy atom. The first-order valence-electron chi connectivity index (χ1n) is 9.13. The van der Waals surface area contributed by atoms with Gasteiger partial charge in [-0.15, -0.1) is 0 Å². The van der Waals surface area contributed by atoms with Crippen LogP contribution in [-0.4, -0.2) is 33.6 Å². The Morgan fingerprint density at radius 3 is 2.57 bits per heavy atom. The molecule has 1 saturated heterocycles. The zero-order valence-corrected chi connectivity index (χ0v) is 18.1. The zero-order valence-electron chi connectivity index (χ0n) is 15.7. The third-order valence-corrected chi connectivity index (χ3v) is 6.92. The highest BCUT2D eigenvalue weighted by Crippen LogP contribution is 2.36. The molecule has 0 saturated carbocycles. The summed E-state index contributed by atoms with van der Waals surface area (Å²) in [6.07, 6.45) is 1.89. The molecule has 0 amide bonds. The van der Waals surface area contributed by atoms with Crippen LogP contribution in [0.3, 0.4) is 0 Å². The molecule has 0 unspecified atom stereocenters. The third kappa shape index (κ3) is 4.06. The fourth-order valence-electron chi connectivity index (χ4n) is 3.26. The van der Waals surface area contributed by atoms with Gasteiger partial charge in [0.25, 0.3) is 0 Å². The minimum absolute atomic E-state index is 0.0933. The maximum Gasteiger partial charge on any atom is 0.179 e. The topological polar surface area (TPSA) is 67.9 Å². The molecular formula is C20H21Cl2N5S. The van der Waals surface area contributed by atoms with Gasteiger partial charge in [-0.05, 0) is 51.0 Å². The number of rotatable bonds is 3. The predicted molar refractivity (Wildman–Crippen MR) is 117 cm³/mol. The molecule has 1 aromatic carbocycles. The lowest BCUT2D eigenvalue weighted by molar-refractivity contribution is 0.363. The highest BCUT2D eigenvalue weighted by atomic mass is 35.5. The monoisotopic (exact) mass is 433 g/mol. The van der Waals surface area contributed by atoms with Gasteiger partial charge in [0.1, 0.15) is 10.5 Å². The summed E-state index contributed by atoms with van der Waals surface area (Å²) in [5, 5.41) is 1.86. The summed E-state index contributed by atoms with van der Waals surface area (Å²) in [7, 11) is 0. The molecule has 1 fully saturated rings. The van der Waals surface area contributed by atoms with Crippen LogP contribution in [0.1, 0.15) is 25.5 Å². The number of hydrogen-bond acceptors (Lipinski definition) is 6. The molecule has 0 spiro atoms. The van der Waals surface area contributed by atoms with Crippen molar-refractivity contribution in [1.82, 2.24) is 15.0 Å². The maximum atomic E-state index is 6.29. The first kappa shape index (κ1) is 19.7. The lowest BCUT2D eigenvalue weighted by Gasteiger charge is -2.37. The average Bonchev–Trinajstić information content (AvgIpc) is 2.65. The summed E-state index contributed by atoms with van der Waals surface area (Å²) in [6.45, 7) is 5.87. The highest BCUT2D eigenvalue weighted by molar-refractivity contribution is 7.99. The lowest BCUT2D eigenvalue weighted by atomic mass is 9.91. The van der Waals surface area contributed by atoms with E-state index in [2.05, 4.69) is 16.8 Å². The Bertz CT molecular complexity index is 1030. The van der Waals surface area contributed by atoms with Gasteiger partial charge < -0.3 is 10.6 Å². The van der Waals surface area contributed by atoms with Gasteiger partial charge in [0.2, 0.25) is 0 Å². The number of benzene rings is 1. The minimum Gasteiger partial charge on any atom is -0.355 e. The molecule has 4 rings (SSSR count). The van der Waals surface area contributed by atoms with Crippen LogP contribution in [0.4, 0.5) is 5.82 Å². The Labute approximate surface area is 178 Å². The Balaban J connectivity index is 1.62. The average molecular weight is 434 g/mol. The van der Waals surface area contributed by atoms with E-state index < -0.39 is 0 Å². The Morgan fingerprint density at radius 1 is 1.07 bits per heavy atom. The zero-order chi connectivity index (χ0) is 19.9.